The minimum Gasteiger partial charge on any atom is -0.478 e. The Balaban J connectivity index is 2.99. The van der Waals surface area contributed by atoms with Crippen molar-refractivity contribution in [3.63, 3.8) is 0 Å². The van der Waals surface area contributed by atoms with Gasteiger partial charge in [-0.1, -0.05) is 17.3 Å². The monoisotopic (exact) mass is 221 g/mol. The summed E-state index contributed by atoms with van der Waals surface area (Å²) in [6.07, 6.45) is 0. The summed E-state index contributed by atoms with van der Waals surface area (Å²) >= 11 is 0. The molecule has 1 rings (SSSR count). The molecule has 16 heavy (non-hydrogen) atoms. The Kier molecular flexibility index (Phi) is 3.77. The van der Waals surface area contributed by atoms with E-state index in [2.05, 4.69) is 9.99 Å². The highest BCUT2D eigenvalue weighted by molar-refractivity contribution is 6.02. The summed E-state index contributed by atoms with van der Waals surface area (Å²) in [6.45, 7) is 3.33. The Morgan fingerprint density at radius 1 is 1.19 bits per heavy atom. The lowest BCUT2D eigenvalue weighted by atomic mass is 10.1. The molecule has 0 aliphatic heterocycles. The number of benzene rings is 1. The van der Waals surface area contributed by atoms with Gasteiger partial charge in [0.2, 0.25) is 0 Å². The summed E-state index contributed by atoms with van der Waals surface area (Å²) in [5.41, 5.74) is 0.456. The summed E-state index contributed by atoms with van der Waals surface area (Å²) in [7, 11) is 0. The number of hydrogen-bond acceptors (Lipinski definition) is 4. The fraction of sp³-hybridized carbons (Fsp3) is 0.182. The SMILES string of the molecule is CC(C)=NOC(=O)c1ccccc1C(=O)O. The minimum atomic E-state index is -1.18. The van der Waals surface area contributed by atoms with Crippen LogP contribution < -0.4 is 0 Å². The van der Waals surface area contributed by atoms with Gasteiger partial charge in [0.1, 0.15) is 0 Å². The molecule has 1 aromatic rings. The third-order valence-electron chi connectivity index (χ3n) is 1.69. The van der Waals surface area contributed by atoms with Crippen LogP contribution in [0.25, 0.3) is 0 Å². The molecular weight excluding hydrogens is 210 g/mol. The second kappa shape index (κ2) is 5.06. The largest absolute Gasteiger partial charge is 0.478 e. The number of nitrogens with zero attached hydrogens (tertiary/aromatic N) is 1. The molecule has 84 valence electrons. The average molecular weight is 221 g/mol. The Hall–Kier alpha value is -2.17. The van der Waals surface area contributed by atoms with E-state index < -0.39 is 11.9 Å². The smallest absolute Gasteiger partial charge is 0.366 e. The van der Waals surface area contributed by atoms with E-state index in [1.54, 1.807) is 19.9 Å². The first-order valence-electron chi connectivity index (χ1n) is 4.57. The molecule has 0 saturated heterocycles. The second-order valence-electron chi connectivity index (χ2n) is 3.27. The fourth-order valence-electron chi connectivity index (χ4n) is 1.03. The van der Waals surface area contributed by atoms with Crippen molar-refractivity contribution in [2.24, 2.45) is 5.16 Å². The normalized spacial score (nSPS) is 9.38. The molecule has 0 aliphatic carbocycles. The third kappa shape index (κ3) is 2.91. The Bertz CT molecular complexity index is 447. The first-order valence-corrected chi connectivity index (χ1v) is 4.57. The van der Waals surface area contributed by atoms with Crippen LogP contribution in [0.1, 0.15) is 34.6 Å². The Labute approximate surface area is 92.3 Å². The Morgan fingerprint density at radius 2 is 1.75 bits per heavy atom. The van der Waals surface area contributed by atoms with Crippen LogP contribution in [0, 0.1) is 0 Å². The third-order valence-corrected chi connectivity index (χ3v) is 1.69. The average Bonchev–Trinajstić information content (AvgIpc) is 2.25. The number of carbonyl (C=O) groups excluding carboxylic acids is 1. The summed E-state index contributed by atoms with van der Waals surface area (Å²) in [4.78, 5) is 26.9. The van der Waals surface area contributed by atoms with Crippen molar-refractivity contribution < 1.29 is 19.5 Å². The van der Waals surface area contributed by atoms with E-state index in [-0.39, 0.29) is 11.1 Å². The molecule has 0 fully saturated rings. The van der Waals surface area contributed by atoms with Crippen molar-refractivity contribution >= 4 is 17.7 Å². The quantitative estimate of drug-likeness (QED) is 0.480. The van der Waals surface area contributed by atoms with E-state index in [1.165, 1.54) is 18.2 Å². The highest BCUT2D eigenvalue weighted by Crippen LogP contribution is 2.10. The lowest BCUT2D eigenvalue weighted by molar-refractivity contribution is 0.0504. The van der Waals surface area contributed by atoms with Crippen LogP contribution in [-0.2, 0) is 4.84 Å². The van der Waals surface area contributed by atoms with Gasteiger partial charge < -0.3 is 9.94 Å². The maximum atomic E-state index is 11.5. The summed E-state index contributed by atoms with van der Waals surface area (Å²) in [6, 6.07) is 5.81. The predicted octanol–water partition coefficient (Wildman–Crippen LogP) is 1.94. The van der Waals surface area contributed by atoms with Crippen LogP contribution in [0.5, 0.6) is 0 Å². The first kappa shape index (κ1) is 11.9. The van der Waals surface area contributed by atoms with Gasteiger partial charge in [-0.05, 0) is 26.0 Å². The number of rotatable bonds is 3. The highest BCUT2D eigenvalue weighted by Gasteiger charge is 2.16. The molecule has 0 spiro atoms. The van der Waals surface area contributed by atoms with Crippen molar-refractivity contribution in [2.75, 3.05) is 0 Å². The van der Waals surface area contributed by atoms with Crippen LogP contribution in [-0.4, -0.2) is 22.8 Å². The molecule has 0 bridgehead atoms. The standard InChI is InChI=1S/C11H11NO4/c1-7(2)12-16-11(15)9-6-4-3-5-8(9)10(13)14/h3-6H,1-2H3,(H,13,14). The van der Waals surface area contributed by atoms with Crippen molar-refractivity contribution in [3.05, 3.63) is 35.4 Å². The van der Waals surface area contributed by atoms with E-state index in [1.807, 2.05) is 0 Å². The van der Waals surface area contributed by atoms with Gasteiger partial charge in [0.15, 0.2) is 0 Å². The van der Waals surface area contributed by atoms with Crippen LogP contribution in [0.4, 0.5) is 0 Å². The van der Waals surface area contributed by atoms with Gasteiger partial charge in [0, 0.05) is 0 Å². The second-order valence-corrected chi connectivity index (χ2v) is 3.27. The number of carboxylic acid groups (broad SMARTS) is 1. The summed E-state index contributed by atoms with van der Waals surface area (Å²) < 4.78 is 0. The molecule has 5 nitrogen and oxygen atoms in total. The van der Waals surface area contributed by atoms with Crippen LogP contribution >= 0.6 is 0 Å². The van der Waals surface area contributed by atoms with E-state index in [0.717, 1.165) is 0 Å². The van der Waals surface area contributed by atoms with Crippen molar-refractivity contribution in [3.8, 4) is 0 Å². The lowest BCUT2D eigenvalue weighted by Gasteiger charge is -2.02. The predicted molar refractivity (Wildman–Crippen MR) is 57.6 cm³/mol. The molecule has 1 aromatic carbocycles. The summed E-state index contributed by atoms with van der Waals surface area (Å²) in [5.74, 6) is -1.95. The van der Waals surface area contributed by atoms with Gasteiger partial charge in [0.05, 0.1) is 16.8 Å². The molecule has 0 aliphatic rings. The number of oxime groups is 1. The number of hydrogen-bond donors (Lipinski definition) is 1. The first-order chi connectivity index (χ1) is 7.52. The molecule has 0 atom stereocenters. The molecule has 0 unspecified atom stereocenters. The maximum Gasteiger partial charge on any atom is 0.366 e. The van der Waals surface area contributed by atoms with Gasteiger partial charge >= 0.3 is 11.9 Å². The van der Waals surface area contributed by atoms with E-state index in [4.69, 9.17) is 5.11 Å². The molecule has 0 aromatic heterocycles. The zero-order chi connectivity index (χ0) is 12.1. The highest BCUT2D eigenvalue weighted by atomic mass is 16.7. The van der Waals surface area contributed by atoms with Gasteiger partial charge in [0.25, 0.3) is 0 Å². The zero-order valence-corrected chi connectivity index (χ0v) is 8.93. The molecule has 0 amide bonds. The van der Waals surface area contributed by atoms with Crippen LogP contribution in [0.15, 0.2) is 29.4 Å². The van der Waals surface area contributed by atoms with Gasteiger partial charge in [-0.15, -0.1) is 0 Å². The molecule has 5 heteroatoms. The van der Waals surface area contributed by atoms with Gasteiger partial charge in [-0.3, -0.25) is 0 Å². The molecule has 1 N–H and O–H groups in total. The van der Waals surface area contributed by atoms with E-state index in [0.29, 0.717) is 5.71 Å². The van der Waals surface area contributed by atoms with E-state index >= 15 is 0 Å². The van der Waals surface area contributed by atoms with Crippen LogP contribution in [0.3, 0.4) is 0 Å². The van der Waals surface area contributed by atoms with Crippen molar-refractivity contribution in [1.29, 1.82) is 0 Å². The topological polar surface area (TPSA) is 76.0 Å². The molecule has 0 radical (unpaired) electrons. The number of carbonyl (C=O) groups is 2. The lowest BCUT2D eigenvalue weighted by Crippen LogP contribution is -2.09. The van der Waals surface area contributed by atoms with Crippen molar-refractivity contribution in [1.82, 2.24) is 0 Å². The zero-order valence-electron chi connectivity index (χ0n) is 8.93. The van der Waals surface area contributed by atoms with Gasteiger partial charge in [-0.25, -0.2) is 9.59 Å². The molecule has 0 heterocycles. The summed E-state index contributed by atoms with van der Waals surface area (Å²) in [5, 5.41) is 12.3. The number of carboxylic acids is 1. The van der Waals surface area contributed by atoms with Gasteiger partial charge in [-0.2, -0.15) is 0 Å². The Morgan fingerprint density at radius 3 is 2.25 bits per heavy atom. The van der Waals surface area contributed by atoms with Crippen molar-refractivity contribution in [2.45, 2.75) is 13.8 Å². The minimum absolute atomic E-state index is 0.0139. The van der Waals surface area contributed by atoms with E-state index in [9.17, 15) is 9.59 Å². The maximum absolute atomic E-state index is 11.5. The number of aromatic carboxylic acids is 1. The molecular formula is C11H11NO4. The van der Waals surface area contributed by atoms with Crippen LogP contribution in [0.2, 0.25) is 0 Å². The fourth-order valence-corrected chi connectivity index (χ4v) is 1.03. The molecule has 0 saturated carbocycles.